The van der Waals surface area contributed by atoms with Gasteiger partial charge < -0.3 is 0 Å². The number of hydrogen-bond donors (Lipinski definition) is 0. The summed E-state index contributed by atoms with van der Waals surface area (Å²) in [5.41, 5.74) is 10.4. The Morgan fingerprint density at radius 3 is 1.31 bits per heavy atom. The Morgan fingerprint density at radius 1 is 0.314 bits per heavy atom. The number of nitrogens with zero attached hydrogens (tertiary/aromatic N) is 3. The third kappa shape index (κ3) is 4.93. The van der Waals surface area contributed by atoms with Gasteiger partial charge in [-0.2, -0.15) is 0 Å². The summed E-state index contributed by atoms with van der Waals surface area (Å²) in [6.45, 7) is 4.62. The second-order valence-corrected chi connectivity index (χ2v) is 14.1. The first kappa shape index (κ1) is 29.5. The van der Waals surface area contributed by atoms with Gasteiger partial charge >= 0.3 is 0 Å². The van der Waals surface area contributed by atoms with E-state index in [4.69, 9.17) is 15.0 Å². The van der Waals surface area contributed by atoms with Crippen molar-refractivity contribution in [3.63, 3.8) is 0 Å². The Labute approximate surface area is 297 Å². The number of fused-ring (bicyclic) bond motifs is 6. The molecule has 0 atom stereocenters. The molecule has 0 saturated carbocycles. The first-order chi connectivity index (χ1) is 25.0. The van der Waals surface area contributed by atoms with E-state index in [1.54, 1.807) is 0 Å². The predicted octanol–water partition coefficient (Wildman–Crippen LogP) is 12.3. The van der Waals surface area contributed by atoms with Crippen LogP contribution in [0, 0.1) is 0 Å². The van der Waals surface area contributed by atoms with Crippen molar-refractivity contribution in [3.8, 4) is 56.4 Å². The Morgan fingerprint density at radius 2 is 0.706 bits per heavy atom. The molecule has 51 heavy (non-hydrogen) atoms. The van der Waals surface area contributed by atoms with E-state index < -0.39 is 0 Å². The van der Waals surface area contributed by atoms with Gasteiger partial charge in [-0.25, -0.2) is 15.0 Å². The largest absolute Gasteiger partial charge is 0.208 e. The lowest BCUT2D eigenvalue weighted by molar-refractivity contribution is 0.660. The summed E-state index contributed by atoms with van der Waals surface area (Å²) in [5, 5.41) is 7.14. The highest BCUT2D eigenvalue weighted by Crippen LogP contribution is 2.49. The standard InChI is InChI=1S/C48H33N3/c1-48(2)43-14-8-7-13-41(43)42-24-23-39(29-44(42)48)47-50-45(37-21-17-31-10-4-6-12-34(31)26-37)49-46(51-47)38-22-18-32-16-20-36(27-40(32)28-38)35-19-15-30-9-3-5-11-33(30)25-35/h3-29H,1-2H3. The number of rotatable bonds is 4. The van der Waals surface area contributed by atoms with Crippen LogP contribution in [0.4, 0.5) is 0 Å². The van der Waals surface area contributed by atoms with Crippen LogP contribution in [0.2, 0.25) is 0 Å². The summed E-state index contributed by atoms with van der Waals surface area (Å²) < 4.78 is 0. The van der Waals surface area contributed by atoms with Gasteiger partial charge in [0, 0.05) is 22.1 Å². The van der Waals surface area contributed by atoms with Crippen molar-refractivity contribution >= 4 is 32.3 Å². The molecule has 0 N–H and O–H groups in total. The highest BCUT2D eigenvalue weighted by Gasteiger charge is 2.35. The van der Waals surface area contributed by atoms with E-state index in [1.165, 1.54) is 54.9 Å². The molecule has 0 spiro atoms. The smallest absolute Gasteiger partial charge is 0.164 e. The molecular weight excluding hydrogens is 619 g/mol. The number of benzene rings is 8. The molecule has 0 bridgehead atoms. The minimum atomic E-state index is -0.125. The zero-order valence-electron chi connectivity index (χ0n) is 28.4. The molecule has 0 amide bonds. The van der Waals surface area contributed by atoms with Crippen LogP contribution in [-0.4, -0.2) is 15.0 Å². The molecule has 0 saturated heterocycles. The minimum Gasteiger partial charge on any atom is -0.208 e. The Kier molecular flexibility index (Phi) is 6.53. The van der Waals surface area contributed by atoms with Gasteiger partial charge in [0.2, 0.25) is 0 Å². The van der Waals surface area contributed by atoms with Gasteiger partial charge in [-0.15, -0.1) is 0 Å². The van der Waals surface area contributed by atoms with Crippen LogP contribution in [0.1, 0.15) is 25.0 Å². The van der Waals surface area contributed by atoms with Crippen molar-refractivity contribution in [2.24, 2.45) is 0 Å². The molecule has 1 aliphatic carbocycles. The van der Waals surface area contributed by atoms with Crippen molar-refractivity contribution in [3.05, 3.63) is 175 Å². The number of aromatic nitrogens is 3. The molecule has 0 fully saturated rings. The average Bonchev–Trinajstić information content (AvgIpc) is 3.42. The molecule has 1 aliphatic rings. The normalized spacial score (nSPS) is 13.1. The van der Waals surface area contributed by atoms with Crippen molar-refractivity contribution in [2.75, 3.05) is 0 Å². The molecule has 3 heteroatoms. The zero-order chi connectivity index (χ0) is 34.1. The third-order valence-corrected chi connectivity index (χ3v) is 10.7. The molecule has 9 aromatic rings. The van der Waals surface area contributed by atoms with Crippen molar-refractivity contribution in [1.82, 2.24) is 15.0 Å². The van der Waals surface area contributed by atoms with Crippen LogP contribution >= 0.6 is 0 Å². The summed E-state index contributed by atoms with van der Waals surface area (Å²) in [5.74, 6) is 1.99. The van der Waals surface area contributed by atoms with Crippen LogP contribution in [0.15, 0.2) is 164 Å². The molecule has 0 radical (unpaired) electrons. The maximum Gasteiger partial charge on any atom is 0.164 e. The Bertz CT molecular complexity index is 2850. The van der Waals surface area contributed by atoms with Crippen LogP contribution in [0.3, 0.4) is 0 Å². The van der Waals surface area contributed by atoms with E-state index in [1.807, 2.05) is 0 Å². The zero-order valence-corrected chi connectivity index (χ0v) is 28.4. The Hall–Kier alpha value is -6.45. The minimum absolute atomic E-state index is 0.125. The predicted molar refractivity (Wildman–Crippen MR) is 212 cm³/mol. The Balaban J connectivity index is 1.12. The maximum atomic E-state index is 5.18. The third-order valence-electron chi connectivity index (χ3n) is 10.7. The summed E-state index contributed by atoms with van der Waals surface area (Å²) in [7, 11) is 0. The van der Waals surface area contributed by atoms with Crippen molar-refractivity contribution in [1.29, 1.82) is 0 Å². The fourth-order valence-electron chi connectivity index (χ4n) is 7.87. The summed E-state index contributed by atoms with van der Waals surface area (Å²) in [6, 6.07) is 58.7. The van der Waals surface area contributed by atoms with Crippen LogP contribution < -0.4 is 0 Å². The van der Waals surface area contributed by atoms with Gasteiger partial charge in [0.25, 0.3) is 0 Å². The lowest BCUT2D eigenvalue weighted by atomic mass is 9.82. The van der Waals surface area contributed by atoms with Crippen LogP contribution in [0.25, 0.3) is 88.7 Å². The van der Waals surface area contributed by atoms with Gasteiger partial charge in [-0.05, 0) is 96.0 Å². The summed E-state index contributed by atoms with van der Waals surface area (Å²) in [6.07, 6.45) is 0. The molecule has 1 aromatic heterocycles. The van der Waals surface area contributed by atoms with E-state index in [9.17, 15) is 0 Å². The van der Waals surface area contributed by atoms with Gasteiger partial charge in [0.15, 0.2) is 17.5 Å². The first-order valence-corrected chi connectivity index (χ1v) is 17.5. The fraction of sp³-hybridized carbons (Fsp3) is 0.0625. The number of hydrogen-bond acceptors (Lipinski definition) is 3. The molecule has 3 nitrogen and oxygen atoms in total. The fourth-order valence-corrected chi connectivity index (χ4v) is 7.87. The molecule has 1 heterocycles. The topological polar surface area (TPSA) is 38.7 Å². The molecular formula is C48H33N3. The van der Waals surface area contributed by atoms with E-state index in [2.05, 4.69) is 178 Å². The average molecular weight is 652 g/mol. The van der Waals surface area contributed by atoms with E-state index in [0.717, 1.165) is 27.5 Å². The van der Waals surface area contributed by atoms with Crippen molar-refractivity contribution in [2.45, 2.75) is 19.3 Å². The second-order valence-electron chi connectivity index (χ2n) is 14.1. The van der Waals surface area contributed by atoms with E-state index in [0.29, 0.717) is 17.5 Å². The van der Waals surface area contributed by atoms with Gasteiger partial charge in [-0.1, -0.05) is 147 Å². The van der Waals surface area contributed by atoms with Crippen molar-refractivity contribution < 1.29 is 0 Å². The molecule has 240 valence electrons. The van der Waals surface area contributed by atoms with Gasteiger partial charge in [-0.3, -0.25) is 0 Å². The summed E-state index contributed by atoms with van der Waals surface area (Å²) in [4.78, 5) is 15.5. The molecule has 0 aliphatic heterocycles. The van der Waals surface area contributed by atoms with E-state index in [-0.39, 0.29) is 5.41 Å². The second kappa shape index (κ2) is 11.3. The lowest BCUT2D eigenvalue weighted by Crippen LogP contribution is -2.15. The molecule has 8 aromatic carbocycles. The van der Waals surface area contributed by atoms with Crippen LogP contribution in [-0.2, 0) is 5.41 Å². The monoisotopic (exact) mass is 651 g/mol. The maximum absolute atomic E-state index is 5.18. The SMILES string of the molecule is CC1(C)c2ccccc2-c2ccc(-c3nc(-c4ccc5ccccc5c4)nc(-c4ccc5ccc(-c6ccc7ccccc7c6)cc5c4)n3)cc21. The van der Waals surface area contributed by atoms with Gasteiger partial charge in [0.05, 0.1) is 0 Å². The molecule has 0 unspecified atom stereocenters. The molecule has 10 rings (SSSR count). The summed E-state index contributed by atoms with van der Waals surface area (Å²) >= 11 is 0. The lowest BCUT2D eigenvalue weighted by Gasteiger charge is -2.21. The highest BCUT2D eigenvalue weighted by atomic mass is 15.0. The first-order valence-electron chi connectivity index (χ1n) is 17.5. The van der Waals surface area contributed by atoms with Gasteiger partial charge in [0.1, 0.15) is 0 Å². The highest BCUT2D eigenvalue weighted by molar-refractivity contribution is 5.93. The van der Waals surface area contributed by atoms with Crippen LogP contribution in [0.5, 0.6) is 0 Å². The quantitative estimate of drug-likeness (QED) is 0.190. The van der Waals surface area contributed by atoms with E-state index >= 15 is 0 Å².